The van der Waals surface area contributed by atoms with Crippen molar-refractivity contribution in [2.75, 3.05) is 19.7 Å². The van der Waals surface area contributed by atoms with Gasteiger partial charge in [0.25, 0.3) is 0 Å². The fraction of sp³-hybridized carbons (Fsp3) is 0.412. The van der Waals surface area contributed by atoms with Gasteiger partial charge in [0.2, 0.25) is 0 Å². The second-order valence-corrected chi connectivity index (χ2v) is 5.85. The molecule has 0 amide bonds. The van der Waals surface area contributed by atoms with Crippen molar-refractivity contribution >= 4 is 10.8 Å². The molecular formula is C17H16F7NO2. The van der Waals surface area contributed by atoms with Crippen molar-refractivity contribution in [3.05, 3.63) is 42.5 Å². The monoisotopic (exact) mass is 399 g/mol. The largest absolute Gasteiger partial charge is 0.490 e. The van der Waals surface area contributed by atoms with Crippen molar-refractivity contribution < 1.29 is 40.6 Å². The molecule has 2 N–H and O–H groups in total. The van der Waals surface area contributed by atoms with Crippen molar-refractivity contribution in [3.8, 4) is 5.75 Å². The Morgan fingerprint density at radius 3 is 2.22 bits per heavy atom. The number of halogens is 7. The minimum absolute atomic E-state index is 0.373. The van der Waals surface area contributed by atoms with Gasteiger partial charge in [0.05, 0.1) is 6.54 Å². The maximum absolute atomic E-state index is 13.1. The van der Waals surface area contributed by atoms with Gasteiger partial charge < -0.3 is 15.2 Å². The van der Waals surface area contributed by atoms with Crippen LogP contribution in [0.25, 0.3) is 10.8 Å². The van der Waals surface area contributed by atoms with E-state index in [1.165, 1.54) is 0 Å². The summed E-state index contributed by atoms with van der Waals surface area (Å²) in [5.74, 6) is -11.1. The third-order valence-corrected chi connectivity index (χ3v) is 3.72. The number of rotatable bonds is 8. The molecule has 0 aliphatic rings. The Kier molecular flexibility index (Phi) is 6.21. The summed E-state index contributed by atoms with van der Waals surface area (Å²) in [5.41, 5.74) is 0. The predicted octanol–water partition coefficient (Wildman–Crippen LogP) is 4.00. The van der Waals surface area contributed by atoms with E-state index >= 15 is 0 Å². The number of nitrogens with one attached hydrogen (secondary N) is 1. The molecular weight excluding hydrogens is 383 g/mol. The normalized spacial score (nSPS) is 14.4. The van der Waals surface area contributed by atoms with E-state index in [0.29, 0.717) is 5.75 Å². The summed E-state index contributed by atoms with van der Waals surface area (Å²) in [6.07, 6.45) is -7.78. The molecule has 0 spiro atoms. The first-order valence-electron chi connectivity index (χ1n) is 7.77. The van der Waals surface area contributed by atoms with E-state index in [1.54, 1.807) is 29.6 Å². The van der Waals surface area contributed by atoms with Gasteiger partial charge in [-0.1, -0.05) is 36.4 Å². The van der Waals surface area contributed by atoms with Gasteiger partial charge in [-0.3, -0.25) is 0 Å². The molecule has 0 aliphatic heterocycles. The number of hydrogen-bond acceptors (Lipinski definition) is 3. The van der Waals surface area contributed by atoms with Crippen LogP contribution in [0.3, 0.4) is 0 Å². The molecule has 10 heteroatoms. The lowest BCUT2D eigenvalue weighted by Crippen LogP contribution is -2.56. The molecule has 0 aromatic heterocycles. The lowest BCUT2D eigenvalue weighted by molar-refractivity contribution is -0.352. The molecule has 0 fully saturated rings. The van der Waals surface area contributed by atoms with E-state index in [-0.39, 0.29) is 6.61 Å². The highest BCUT2D eigenvalue weighted by Gasteiger charge is 2.72. The molecule has 2 aromatic carbocycles. The van der Waals surface area contributed by atoms with Crippen LogP contribution in [-0.2, 0) is 0 Å². The molecule has 2 aromatic rings. The Morgan fingerprint density at radius 2 is 1.56 bits per heavy atom. The highest BCUT2D eigenvalue weighted by atomic mass is 19.4. The smallest absolute Gasteiger partial charge is 0.459 e. The van der Waals surface area contributed by atoms with Crippen molar-refractivity contribution in [2.24, 2.45) is 0 Å². The number of fused-ring (bicyclic) bond motifs is 1. The molecule has 0 aliphatic carbocycles. The summed E-state index contributed by atoms with van der Waals surface area (Å²) in [4.78, 5) is 0. The van der Waals surface area contributed by atoms with Crippen LogP contribution in [0.5, 0.6) is 5.75 Å². The van der Waals surface area contributed by atoms with E-state index in [4.69, 9.17) is 4.74 Å². The quantitative estimate of drug-likeness (QED) is 0.660. The minimum atomic E-state index is -6.38. The summed E-state index contributed by atoms with van der Waals surface area (Å²) in [6, 6.07) is 12.3. The van der Waals surface area contributed by atoms with Gasteiger partial charge in [-0.2, -0.15) is 30.7 Å². The van der Waals surface area contributed by atoms with E-state index in [9.17, 15) is 35.8 Å². The average Bonchev–Trinajstić information content (AvgIpc) is 2.58. The fourth-order valence-electron chi connectivity index (χ4n) is 2.28. The predicted molar refractivity (Wildman–Crippen MR) is 84.3 cm³/mol. The Labute approximate surface area is 149 Å². The van der Waals surface area contributed by atoms with E-state index in [2.05, 4.69) is 0 Å². The lowest BCUT2D eigenvalue weighted by Gasteiger charge is -2.28. The van der Waals surface area contributed by atoms with E-state index in [1.807, 2.05) is 18.2 Å². The summed E-state index contributed by atoms with van der Waals surface area (Å²) in [7, 11) is 0. The number of aliphatic hydroxyl groups is 1. The SMILES string of the molecule is O[C@@H](CNCC(F)(F)C(F)(F)C(F)(F)F)COc1cccc2ccccc12. The summed E-state index contributed by atoms with van der Waals surface area (Å²) >= 11 is 0. The summed E-state index contributed by atoms with van der Waals surface area (Å²) in [6.45, 7) is -2.98. The van der Waals surface area contributed by atoms with Gasteiger partial charge in [-0.05, 0) is 11.5 Å². The van der Waals surface area contributed by atoms with E-state index < -0.39 is 37.2 Å². The van der Waals surface area contributed by atoms with Crippen molar-refractivity contribution in [1.82, 2.24) is 5.32 Å². The summed E-state index contributed by atoms with van der Waals surface area (Å²) < 4.78 is 93.2. The second-order valence-electron chi connectivity index (χ2n) is 5.85. The first-order valence-corrected chi connectivity index (χ1v) is 7.77. The molecule has 27 heavy (non-hydrogen) atoms. The first-order chi connectivity index (χ1) is 12.5. The zero-order valence-electron chi connectivity index (χ0n) is 13.7. The zero-order valence-corrected chi connectivity index (χ0v) is 13.7. The van der Waals surface area contributed by atoms with Crippen LogP contribution in [0, 0.1) is 0 Å². The molecule has 0 radical (unpaired) electrons. The number of ether oxygens (including phenoxy) is 1. The topological polar surface area (TPSA) is 41.5 Å². The zero-order chi connectivity index (χ0) is 20.3. The highest BCUT2D eigenvalue weighted by molar-refractivity contribution is 5.88. The Bertz CT molecular complexity index is 759. The number of aliphatic hydroxyl groups excluding tert-OH is 1. The Balaban J connectivity index is 1.87. The molecule has 1 atom stereocenters. The van der Waals surface area contributed by atoms with Crippen LogP contribution in [-0.4, -0.2) is 48.9 Å². The van der Waals surface area contributed by atoms with Gasteiger partial charge in [-0.25, -0.2) is 0 Å². The lowest BCUT2D eigenvalue weighted by atomic mass is 10.1. The number of hydrogen-bond donors (Lipinski definition) is 2. The van der Waals surface area contributed by atoms with Gasteiger partial charge in [-0.15, -0.1) is 0 Å². The second kappa shape index (κ2) is 7.89. The molecule has 0 saturated carbocycles. The molecule has 0 saturated heterocycles. The maximum Gasteiger partial charge on any atom is 0.459 e. The first kappa shape index (κ1) is 21.2. The Hall–Kier alpha value is -2.07. The van der Waals surface area contributed by atoms with Gasteiger partial charge >= 0.3 is 18.0 Å². The fourth-order valence-corrected chi connectivity index (χ4v) is 2.28. The maximum atomic E-state index is 13.1. The van der Waals surface area contributed by atoms with Crippen LogP contribution in [0.15, 0.2) is 42.5 Å². The average molecular weight is 399 g/mol. The van der Waals surface area contributed by atoms with Gasteiger partial charge in [0.15, 0.2) is 0 Å². The molecule has 2 rings (SSSR count). The van der Waals surface area contributed by atoms with Crippen LogP contribution in [0.2, 0.25) is 0 Å². The van der Waals surface area contributed by atoms with Crippen molar-refractivity contribution in [2.45, 2.75) is 24.1 Å². The molecule has 3 nitrogen and oxygen atoms in total. The number of benzene rings is 2. The van der Waals surface area contributed by atoms with Crippen molar-refractivity contribution in [1.29, 1.82) is 0 Å². The molecule has 0 bridgehead atoms. The van der Waals surface area contributed by atoms with Crippen LogP contribution >= 0.6 is 0 Å². The standard InChI is InChI=1S/C17H16F7NO2/c18-15(19,16(20,21)17(22,23)24)10-25-8-12(26)9-27-14-7-3-5-11-4-1-2-6-13(11)14/h1-7,12,25-26H,8-10H2/t12-/m0/s1. The highest BCUT2D eigenvalue weighted by Crippen LogP contribution is 2.46. The minimum Gasteiger partial charge on any atom is -0.490 e. The summed E-state index contributed by atoms with van der Waals surface area (Å²) in [5, 5.41) is 13.0. The van der Waals surface area contributed by atoms with Crippen molar-refractivity contribution in [3.63, 3.8) is 0 Å². The van der Waals surface area contributed by atoms with Crippen LogP contribution in [0.1, 0.15) is 0 Å². The van der Waals surface area contributed by atoms with Crippen LogP contribution in [0.4, 0.5) is 30.7 Å². The third kappa shape index (κ3) is 4.81. The third-order valence-electron chi connectivity index (χ3n) is 3.72. The number of alkyl halides is 7. The van der Waals surface area contributed by atoms with Gasteiger partial charge in [0.1, 0.15) is 18.5 Å². The van der Waals surface area contributed by atoms with Crippen LogP contribution < -0.4 is 10.1 Å². The van der Waals surface area contributed by atoms with Gasteiger partial charge in [0, 0.05) is 11.9 Å². The van der Waals surface area contributed by atoms with E-state index in [0.717, 1.165) is 10.8 Å². The molecule has 0 heterocycles. The molecule has 150 valence electrons. The molecule has 0 unspecified atom stereocenters. The Morgan fingerprint density at radius 1 is 0.926 bits per heavy atom.